The van der Waals surface area contributed by atoms with Crippen LogP contribution in [0, 0.1) is 0 Å². The second-order valence-corrected chi connectivity index (χ2v) is 3.95. The number of aromatic nitrogens is 2. The van der Waals surface area contributed by atoms with Crippen LogP contribution in [0.5, 0.6) is 0 Å². The maximum Gasteiger partial charge on any atom is 0.159 e. The van der Waals surface area contributed by atoms with Crippen molar-refractivity contribution in [1.82, 2.24) is 10.2 Å². The number of likely N-dealkylation sites (N-methyl/N-ethyl adjacent to an activating group) is 1. The molecular formula is C12H16N4. The van der Waals surface area contributed by atoms with Gasteiger partial charge in [-0.15, -0.1) is 5.10 Å². The molecule has 0 aliphatic carbocycles. The summed E-state index contributed by atoms with van der Waals surface area (Å²) >= 11 is 0. The molecule has 0 bridgehead atoms. The summed E-state index contributed by atoms with van der Waals surface area (Å²) in [7, 11) is 1.99. The molecule has 4 nitrogen and oxygen atoms in total. The first-order chi connectivity index (χ1) is 7.74. The van der Waals surface area contributed by atoms with Gasteiger partial charge in [-0.25, -0.2) is 0 Å². The Morgan fingerprint density at radius 1 is 1.38 bits per heavy atom. The number of hydrogen-bond acceptors (Lipinski definition) is 4. The molecule has 1 atom stereocenters. The lowest BCUT2D eigenvalue weighted by Crippen LogP contribution is -2.36. The van der Waals surface area contributed by atoms with Gasteiger partial charge in [-0.2, -0.15) is 5.10 Å². The quantitative estimate of drug-likeness (QED) is 0.843. The number of rotatable bonds is 3. The Hall–Kier alpha value is -1.68. The van der Waals surface area contributed by atoms with Crippen molar-refractivity contribution in [2.24, 2.45) is 5.73 Å². The van der Waals surface area contributed by atoms with Crippen LogP contribution in [0.2, 0.25) is 0 Å². The molecule has 1 heterocycles. The topological polar surface area (TPSA) is 55.0 Å². The first-order valence-corrected chi connectivity index (χ1v) is 5.37. The summed E-state index contributed by atoms with van der Waals surface area (Å²) < 4.78 is 0. The van der Waals surface area contributed by atoms with Gasteiger partial charge < -0.3 is 10.6 Å². The SMILES string of the molecule is CC(CN)N(C)c1nncc2ccccc12. The largest absolute Gasteiger partial charge is 0.354 e. The molecule has 84 valence electrons. The van der Waals surface area contributed by atoms with E-state index in [1.165, 1.54) is 0 Å². The molecule has 2 aromatic rings. The lowest BCUT2D eigenvalue weighted by molar-refractivity contribution is 0.685. The lowest BCUT2D eigenvalue weighted by atomic mass is 10.1. The molecule has 0 fully saturated rings. The first kappa shape index (κ1) is 10.8. The number of benzene rings is 1. The molecule has 1 aromatic heterocycles. The average Bonchev–Trinajstić information content (AvgIpc) is 2.36. The molecule has 1 unspecified atom stereocenters. The summed E-state index contributed by atoms with van der Waals surface area (Å²) in [6, 6.07) is 8.35. The summed E-state index contributed by atoms with van der Waals surface area (Å²) in [6.45, 7) is 2.67. The van der Waals surface area contributed by atoms with Crippen molar-refractivity contribution >= 4 is 16.6 Å². The third-order valence-electron chi connectivity index (χ3n) is 2.89. The van der Waals surface area contributed by atoms with Gasteiger partial charge in [0.15, 0.2) is 5.82 Å². The molecule has 0 aliphatic rings. The van der Waals surface area contributed by atoms with Gasteiger partial charge in [0.05, 0.1) is 6.20 Å². The van der Waals surface area contributed by atoms with Crippen LogP contribution in [0.3, 0.4) is 0 Å². The Bertz CT molecular complexity index is 478. The number of fused-ring (bicyclic) bond motifs is 1. The lowest BCUT2D eigenvalue weighted by Gasteiger charge is -2.25. The van der Waals surface area contributed by atoms with Gasteiger partial charge in [0.25, 0.3) is 0 Å². The fourth-order valence-corrected chi connectivity index (χ4v) is 1.64. The maximum absolute atomic E-state index is 5.66. The zero-order valence-electron chi connectivity index (χ0n) is 9.59. The van der Waals surface area contributed by atoms with Crippen LogP contribution >= 0.6 is 0 Å². The number of hydrogen-bond donors (Lipinski definition) is 1. The van der Waals surface area contributed by atoms with Gasteiger partial charge >= 0.3 is 0 Å². The molecule has 1 aromatic carbocycles. The molecule has 0 aliphatic heterocycles. The molecule has 0 spiro atoms. The van der Waals surface area contributed by atoms with Crippen LogP contribution < -0.4 is 10.6 Å². The normalized spacial score (nSPS) is 12.7. The Labute approximate surface area is 95.1 Å². The highest BCUT2D eigenvalue weighted by Crippen LogP contribution is 2.23. The summed E-state index contributed by atoms with van der Waals surface area (Å²) in [5.41, 5.74) is 5.66. The van der Waals surface area contributed by atoms with E-state index < -0.39 is 0 Å². The zero-order chi connectivity index (χ0) is 11.5. The minimum atomic E-state index is 0.250. The highest BCUT2D eigenvalue weighted by Gasteiger charge is 2.12. The van der Waals surface area contributed by atoms with Gasteiger partial charge in [-0.3, -0.25) is 0 Å². The second-order valence-electron chi connectivity index (χ2n) is 3.95. The van der Waals surface area contributed by atoms with Gasteiger partial charge in [0.1, 0.15) is 0 Å². The first-order valence-electron chi connectivity index (χ1n) is 5.37. The van der Waals surface area contributed by atoms with Crippen molar-refractivity contribution in [2.75, 3.05) is 18.5 Å². The van der Waals surface area contributed by atoms with Crippen molar-refractivity contribution in [2.45, 2.75) is 13.0 Å². The van der Waals surface area contributed by atoms with Crippen LogP contribution in [-0.2, 0) is 0 Å². The predicted molar refractivity (Wildman–Crippen MR) is 66.5 cm³/mol. The predicted octanol–water partition coefficient (Wildman–Crippen LogP) is 1.41. The molecule has 4 heteroatoms. The van der Waals surface area contributed by atoms with E-state index in [1.54, 1.807) is 6.20 Å². The fraction of sp³-hybridized carbons (Fsp3) is 0.333. The Morgan fingerprint density at radius 3 is 2.88 bits per heavy atom. The van der Waals surface area contributed by atoms with E-state index in [2.05, 4.69) is 28.1 Å². The van der Waals surface area contributed by atoms with Crippen molar-refractivity contribution in [3.05, 3.63) is 30.5 Å². The molecule has 0 amide bonds. The smallest absolute Gasteiger partial charge is 0.159 e. The van der Waals surface area contributed by atoms with Crippen molar-refractivity contribution in [1.29, 1.82) is 0 Å². The minimum Gasteiger partial charge on any atom is -0.354 e. The van der Waals surface area contributed by atoms with Crippen LogP contribution in [0.15, 0.2) is 30.5 Å². The highest BCUT2D eigenvalue weighted by molar-refractivity contribution is 5.91. The van der Waals surface area contributed by atoms with E-state index in [-0.39, 0.29) is 6.04 Å². The van der Waals surface area contributed by atoms with Gasteiger partial charge in [0, 0.05) is 30.4 Å². The van der Waals surface area contributed by atoms with Crippen molar-refractivity contribution in [3.8, 4) is 0 Å². The van der Waals surface area contributed by atoms with Gasteiger partial charge in [-0.1, -0.05) is 24.3 Å². The average molecular weight is 216 g/mol. The van der Waals surface area contributed by atoms with Crippen LogP contribution in [0.25, 0.3) is 10.8 Å². The monoisotopic (exact) mass is 216 g/mol. The Morgan fingerprint density at radius 2 is 2.12 bits per heavy atom. The van der Waals surface area contributed by atoms with Crippen LogP contribution in [0.4, 0.5) is 5.82 Å². The molecule has 0 saturated heterocycles. The van der Waals surface area contributed by atoms with E-state index in [4.69, 9.17) is 5.73 Å². The fourth-order valence-electron chi connectivity index (χ4n) is 1.64. The molecular weight excluding hydrogens is 200 g/mol. The number of nitrogens with zero attached hydrogens (tertiary/aromatic N) is 3. The van der Waals surface area contributed by atoms with Crippen molar-refractivity contribution in [3.63, 3.8) is 0 Å². The molecule has 2 rings (SSSR count). The van der Waals surface area contributed by atoms with Crippen LogP contribution in [0.1, 0.15) is 6.92 Å². The molecule has 2 N–H and O–H groups in total. The number of anilines is 1. The van der Waals surface area contributed by atoms with E-state index in [0.717, 1.165) is 16.6 Å². The standard InChI is InChI=1S/C12H16N4/c1-9(7-13)16(2)12-11-6-4-3-5-10(11)8-14-15-12/h3-6,8-9H,7,13H2,1-2H3. The third kappa shape index (κ3) is 1.84. The third-order valence-corrected chi connectivity index (χ3v) is 2.89. The maximum atomic E-state index is 5.66. The summed E-state index contributed by atoms with van der Waals surface area (Å²) in [5.74, 6) is 0.885. The zero-order valence-corrected chi connectivity index (χ0v) is 9.59. The van der Waals surface area contributed by atoms with E-state index >= 15 is 0 Å². The molecule has 0 radical (unpaired) electrons. The van der Waals surface area contributed by atoms with E-state index in [1.807, 2.05) is 25.2 Å². The van der Waals surface area contributed by atoms with Gasteiger partial charge in [-0.05, 0) is 6.92 Å². The summed E-state index contributed by atoms with van der Waals surface area (Å²) in [6.07, 6.45) is 1.78. The summed E-state index contributed by atoms with van der Waals surface area (Å²) in [4.78, 5) is 2.06. The van der Waals surface area contributed by atoms with Crippen molar-refractivity contribution < 1.29 is 0 Å². The van der Waals surface area contributed by atoms with E-state index in [9.17, 15) is 0 Å². The summed E-state index contributed by atoms with van der Waals surface area (Å²) in [5, 5.41) is 10.4. The Kier molecular flexibility index (Phi) is 3.01. The van der Waals surface area contributed by atoms with Crippen LogP contribution in [-0.4, -0.2) is 29.8 Å². The van der Waals surface area contributed by atoms with Gasteiger partial charge in [0.2, 0.25) is 0 Å². The second kappa shape index (κ2) is 4.45. The minimum absolute atomic E-state index is 0.250. The van der Waals surface area contributed by atoms with E-state index in [0.29, 0.717) is 6.54 Å². The molecule has 16 heavy (non-hydrogen) atoms. The molecule has 0 saturated carbocycles. The number of nitrogens with two attached hydrogens (primary N) is 1. The Balaban J connectivity index is 2.52. The highest BCUT2D eigenvalue weighted by atomic mass is 15.3.